The highest BCUT2D eigenvalue weighted by Crippen LogP contribution is 2.30. The van der Waals surface area contributed by atoms with Gasteiger partial charge in [-0.3, -0.25) is 20.2 Å². The Morgan fingerprint density at radius 2 is 2.04 bits per heavy atom. The van der Waals surface area contributed by atoms with E-state index >= 15 is 0 Å². The average Bonchev–Trinajstić information content (AvgIpc) is 3.03. The van der Waals surface area contributed by atoms with Gasteiger partial charge >= 0.3 is 0 Å². The van der Waals surface area contributed by atoms with Crippen molar-refractivity contribution in [3.63, 3.8) is 0 Å². The highest BCUT2D eigenvalue weighted by atomic mass is 35.5. The fraction of sp³-hybridized carbons (Fsp3) is 0.111. The van der Waals surface area contributed by atoms with Gasteiger partial charge in [-0.1, -0.05) is 29.8 Å². The van der Waals surface area contributed by atoms with Gasteiger partial charge in [0.05, 0.1) is 12.5 Å². The summed E-state index contributed by atoms with van der Waals surface area (Å²) < 4.78 is 14.8. The number of halogens is 2. The topological polar surface area (TPSA) is 88.9 Å². The highest BCUT2D eigenvalue weighted by Gasteiger charge is 2.29. The number of anilines is 2. The standard InChI is InChI=1S/C18H13ClFN5O2/c19-12-6-4-10(5-7-12)14-9-15(26)21-18-23-17(24-25(14)18)22-16(27)11-2-1-3-13(20)8-11/h1-8,14H,9H2,(H2,21,22,23,24,26,27). The van der Waals surface area contributed by atoms with Gasteiger partial charge in [-0.15, -0.1) is 5.10 Å². The second-order valence-electron chi connectivity index (χ2n) is 5.99. The molecule has 2 aromatic carbocycles. The molecular weight excluding hydrogens is 373 g/mol. The Morgan fingerprint density at radius 3 is 2.78 bits per heavy atom. The number of rotatable bonds is 3. The maximum atomic E-state index is 13.3. The maximum absolute atomic E-state index is 13.3. The molecule has 2 amide bonds. The van der Waals surface area contributed by atoms with Crippen LogP contribution in [0, 0.1) is 5.82 Å². The number of nitrogens with zero attached hydrogens (tertiary/aromatic N) is 3. The first kappa shape index (κ1) is 17.2. The van der Waals surface area contributed by atoms with Crippen LogP contribution in [0.2, 0.25) is 5.02 Å². The molecule has 0 radical (unpaired) electrons. The number of hydrogen-bond acceptors (Lipinski definition) is 4. The number of hydrogen-bond donors (Lipinski definition) is 2. The first-order chi connectivity index (χ1) is 13.0. The Bertz CT molecular complexity index is 1030. The lowest BCUT2D eigenvalue weighted by Gasteiger charge is -2.23. The van der Waals surface area contributed by atoms with Crippen molar-refractivity contribution < 1.29 is 14.0 Å². The minimum atomic E-state index is -0.549. The van der Waals surface area contributed by atoms with Gasteiger partial charge in [0.15, 0.2) is 0 Å². The van der Waals surface area contributed by atoms with Gasteiger partial charge in [-0.05, 0) is 35.9 Å². The summed E-state index contributed by atoms with van der Waals surface area (Å²) in [7, 11) is 0. The lowest BCUT2D eigenvalue weighted by molar-refractivity contribution is -0.117. The first-order valence-corrected chi connectivity index (χ1v) is 8.46. The molecule has 1 aliphatic rings. The van der Waals surface area contributed by atoms with Crippen molar-refractivity contribution in [3.05, 3.63) is 70.5 Å². The van der Waals surface area contributed by atoms with Crippen LogP contribution in [0.3, 0.4) is 0 Å². The number of carbonyl (C=O) groups excluding carboxylic acids is 2. The molecule has 2 heterocycles. The van der Waals surface area contributed by atoms with Crippen LogP contribution in [0.1, 0.15) is 28.4 Å². The van der Waals surface area contributed by atoms with E-state index in [1.54, 1.807) is 12.1 Å². The first-order valence-electron chi connectivity index (χ1n) is 8.08. The van der Waals surface area contributed by atoms with Gasteiger partial charge in [-0.25, -0.2) is 9.07 Å². The van der Waals surface area contributed by atoms with E-state index in [2.05, 4.69) is 20.7 Å². The molecule has 0 saturated heterocycles. The van der Waals surface area contributed by atoms with E-state index in [1.807, 2.05) is 12.1 Å². The number of nitrogens with one attached hydrogen (secondary N) is 2. The van der Waals surface area contributed by atoms with Crippen molar-refractivity contribution >= 4 is 35.3 Å². The van der Waals surface area contributed by atoms with Crippen LogP contribution in [0.5, 0.6) is 0 Å². The lowest BCUT2D eigenvalue weighted by atomic mass is 10.0. The highest BCUT2D eigenvalue weighted by molar-refractivity contribution is 6.30. The maximum Gasteiger partial charge on any atom is 0.258 e. The third-order valence-electron chi connectivity index (χ3n) is 4.12. The monoisotopic (exact) mass is 385 g/mol. The van der Waals surface area contributed by atoms with E-state index in [-0.39, 0.29) is 35.8 Å². The summed E-state index contributed by atoms with van der Waals surface area (Å²) in [6.07, 6.45) is 0.176. The normalized spacial score (nSPS) is 15.8. The Morgan fingerprint density at radius 1 is 1.26 bits per heavy atom. The van der Waals surface area contributed by atoms with Crippen molar-refractivity contribution in [2.75, 3.05) is 10.6 Å². The van der Waals surface area contributed by atoms with Crippen LogP contribution in [0.25, 0.3) is 0 Å². The van der Waals surface area contributed by atoms with Crippen molar-refractivity contribution in [3.8, 4) is 0 Å². The summed E-state index contributed by atoms with van der Waals surface area (Å²) in [5.74, 6) is -1.04. The van der Waals surface area contributed by atoms with Gasteiger partial charge in [0.25, 0.3) is 11.9 Å². The Hall–Kier alpha value is -3.26. The summed E-state index contributed by atoms with van der Waals surface area (Å²) in [6, 6.07) is 12.0. The predicted octanol–water partition coefficient (Wildman–Crippen LogP) is 3.25. The second kappa shape index (κ2) is 6.81. The Labute approximate surface area is 158 Å². The largest absolute Gasteiger partial charge is 0.295 e. The molecule has 1 aliphatic heterocycles. The van der Waals surface area contributed by atoms with Gasteiger partial charge in [0.2, 0.25) is 11.9 Å². The van der Waals surface area contributed by atoms with Crippen molar-refractivity contribution in [1.82, 2.24) is 14.8 Å². The van der Waals surface area contributed by atoms with Crippen LogP contribution < -0.4 is 10.6 Å². The van der Waals surface area contributed by atoms with E-state index < -0.39 is 11.7 Å². The van der Waals surface area contributed by atoms with Crippen LogP contribution in [0.4, 0.5) is 16.3 Å². The molecule has 7 nitrogen and oxygen atoms in total. The fourth-order valence-corrected chi connectivity index (χ4v) is 2.99. The summed E-state index contributed by atoms with van der Waals surface area (Å²) in [4.78, 5) is 28.4. The van der Waals surface area contributed by atoms with Crippen LogP contribution >= 0.6 is 11.6 Å². The molecular formula is C18H13ClFN5O2. The molecule has 0 aliphatic carbocycles. The number of aromatic nitrogens is 3. The predicted molar refractivity (Wildman–Crippen MR) is 97.2 cm³/mol. The van der Waals surface area contributed by atoms with Crippen LogP contribution in [0.15, 0.2) is 48.5 Å². The molecule has 0 saturated carbocycles. The molecule has 27 heavy (non-hydrogen) atoms. The minimum Gasteiger partial charge on any atom is -0.295 e. The second-order valence-corrected chi connectivity index (χ2v) is 6.42. The molecule has 2 N–H and O–H groups in total. The molecule has 1 unspecified atom stereocenters. The van der Waals surface area contributed by atoms with E-state index in [1.165, 1.54) is 22.9 Å². The van der Waals surface area contributed by atoms with Crippen molar-refractivity contribution in [1.29, 1.82) is 0 Å². The van der Waals surface area contributed by atoms with Gasteiger partial charge in [0.1, 0.15) is 5.82 Å². The number of carbonyl (C=O) groups is 2. The van der Waals surface area contributed by atoms with Gasteiger partial charge in [0, 0.05) is 10.6 Å². The van der Waals surface area contributed by atoms with E-state index in [0.29, 0.717) is 5.02 Å². The Balaban J connectivity index is 1.63. The van der Waals surface area contributed by atoms with Crippen molar-refractivity contribution in [2.24, 2.45) is 0 Å². The summed E-state index contributed by atoms with van der Waals surface area (Å²) in [5, 5.41) is 10.0. The number of fused-ring (bicyclic) bond motifs is 1. The number of amides is 2. The average molecular weight is 386 g/mol. The molecule has 0 spiro atoms. The zero-order valence-electron chi connectivity index (χ0n) is 13.8. The smallest absolute Gasteiger partial charge is 0.258 e. The lowest BCUT2D eigenvalue weighted by Crippen LogP contribution is -2.29. The summed E-state index contributed by atoms with van der Waals surface area (Å²) in [5.41, 5.74) is 0.976. The van der Waals surface area contributed by atoms with Gasteiger partial charge < -0.3 is 0 Å². The SMILES string of the molecule is O=C1CC(c2ccc(Cl)cc2)n2nc(NC(=O)c3cccc(F)c3)nc2N1. The van der Waals surface area contributed by atoms with E-state index in [9.17, 15) is 14.0 Å². The summed E-state index contributed by atoms with van der Waals surface area (Å²) >= 11 is 5.92. The molecule has 3 aromatic rings. The molecule has 9 heteroatoms. The zero-order valence-corrected chi connectivity index (χ0v) is 14.6. The minimum absolute atomic E-state index is 0.0143. The third-order valence-corrected chi connectivity index (χ3v) is 4.38. The van der Waals surface area contributed by atoms with Crippen molar-refractivity contribution in [2.45, 2.75) is 12.5 Å². The molecule has 1 aromatic heterocycles. The molecule has 1 atom stereocenters. The third kappa shape index (κ3) is 3.52. The zero-order chi connectivity index (χ0) is 19.0. The Kier molecular flexibility index (Phi) is 4.33. The molecule has 0 fully saturated rings. The van der Waals surface area contributed by atoms with Crippen LogP contribution in [-0.2, 0) is 4.79 Å². The van der Waals surface area contributed by atoms with Gasteiger partial charge in [-0.2, -0.15) is 4.98 Å². The molecule has 4 rings (SSSR count). The summed E-state index contributed by atoms with van der Waals surface area (Å²) in [6.45, 7) is 0. The molecule has 136 valence electrons. The van der Waals surface area contributed by atoms with E-state index in [4.69, 9.17) is 11.6 Å². The van der Waals surface area contributed by atoms with Crippen LogP contribution in [-0.4, -0.2) is 26.6 Å². The molecule has 0 bridgehead atoms. The number of benzene rings is 2. The van der Waals surface area contributed by atoms with E-state index in [0.717, 1.165) is 11.6 Å². The fourth-order valence-electron chi connectivity index (χ4n) is 2.86. The quantitative estimate of drug-likeness (QED) is 0.724.